The Labute approximate surface area is 117 Å². The highest BCUT2D eigenvalue weighted by atomic mass is 16.6. The van der Waals surface area contributed by atoms with E-state index in [-0.39, 0.29) is 12.2 Å². The molecule has 0 spiro atoms. The molecule has 1 unspecified atom stereocenters. The Bertz CT molecular complexity index is 475. The van der Waals surface area contributed by atoms with Crippen LogP contribution >= 0.6 is 0 Å². The number of carbonyl (C=O) groups excluding carboxylic acids is 1. The van der Waals surface area contributed by atoms with Gasteiger partial charge in [0.2, 0.25) is 0 Å². The minimum Gasteiger partial charge on any atom is -0.478 e. The summed E-state index contributed by atoms with van der Waals surface area (Å²) in [6.45, 7) is 4.90. The molecular weight excluding hydrogens is 262 g/mol. The Balaban J connectivity index is 2.75. The maximum atomic E-state index is 11.6. The number of amides is 1. The normalized spacial score (nSPS) is 12.6. The molecule has 20 heavy (non-hydrogen) atoms. The van der Waals surface area contributed by atoms with Crippen molar-refractivity contribution in [3.63, 3.8) is 0 Å². The van der Waals surface area contributed by atoms with Crippen LogP contribution in [0.15, 0.2) is 24.3 Å². The van der Waals surface area contributed by atoms with Gasteiger partial charge in [-0.1, -0.05) is 12.1 Å². The predicted molar refractivity (Wildman–Crippen MR) is 72.6 cm³/mol. The Morgan fingerprint density at radius 1 is 1.25 bits per heavy atom. The van der Waals surface area contributed by atoms with Crippen LogP contribution in [0.2, 0.25) is 0 Å². The zero-order valence-corrected chi connectivity index (χ0v) is 11.7. The number of carboxylic acids is 1. The van der Waals surface area contributed by atoms with Gasteiger partial charge in [-0.3, -0.25) is 0 Å². The fourth-order valence-corrected chi connectivity index (χ4v) is 1.54. The van der Waals surface area contributed by atoms with Gasteiger partial charge < -0.3 is 20.3 Å². The Kier molecular flexibility index (Phi) is 5.10. The van der Waals surface area contributed by atoms with Crippen LogP contribution in [0.4, 0.5) is 4.79 Å². The van der Waals surface area contributed by atoms with Gasteiger partial charge in [-0.15, -0.1) is 0 Å². The second-order valence-corrected chi connectivity index (χ2v) is 5.31. The molecule has 0 aliphatic rings. The van der Waals surface area contributed by atoms with E-state index in [1.54, 1.807) is 32.9 Å². The molecule has 0 aromatic heterocycles. The third-order valence-corrected chi connectivity index (χ3v) is 2.43. The summed E-state index contributed by atoms with van der Waals surface area (Å²) in [5, 5.41) is 20.7. The van der Waals surface area contributed by atoms with Crippen LogP contribution in [0.25, 0.3) is 0 Å². The van der Waals surface area contributed by atoms with Crippen molar-refractivity contribution in [3.8, 4) is 0 Å². The SMILES string of the molecule is CC(C)(C)OC(=O)NC(CO)c1ccc(C(=O)O)cc1. The first kappa shape index (κ1) is 16.0. The van der Waals surface area contributed by atoms with E-state index in [4.69, 9.17) is 9.84 Å². The molecule has 1 aromatic rings. The maximum absolute atomic E-state index is 11.6. The number of aliphatic hydroxyl groups excluding tert-OH is 1. The van der Waals surface area contributed by atoms with Gasteiger partial charge in [-0.2, -0.15) is 0 Å². The quantitative estimate of drug-likeness (QED) is 0.783. The largest absolute Gasteiger partial charge is 0.478 e. The van der Waals surface area contributed by atoms with Crippen LogP contribution in [-0.4, -0.2) is 34.5 Å². The van der Waals surface area contributed by atoms with E-state index in [0.717, 1.165) is 0 Å². The molecule has 0 heterocycles. The van der Waals surface area contributed by atoms with E-state index >= 15 is 0 Å². The van der Waals surface area contributed by atoms with Gasteiger partial charge >= 0.3 is 12.1 Å². The summed E-state index contributed by atoms with van der Waals surface area (Å²) >= 11 is 0. The third-order valence-electron chi connectivity index (χ3n) is 2.43. The van der Waals surface area contributed by atoms with Crippen molar-refractivity contribution in [2.45, 2.75) is 32.4 Å². The van der Waals surface area contributed by atoms with Crippen LogP contribution in [0.1, 0.15) is 42.7 Å². The number of nitrogens with one attached hydrogen (secondary N) is 1. The Morgan fingerprint density at radius 2 is 1.80 bits per heavy atom. The lowest BCUT2D eigenvalue weighted by molar-refractivity contribution is 0.0481. The van der Waals surface area contributed by atoms with Gasteiger partial charge in [0.25, 0.3) is 0 Å². The average Bonchev–Trinajstić information content (AvgIpc) is 2.34. The highest BCUT2D eigenvalue weighted by Gasteiger charge is 2.20. The second-order valence-electron chi connectivity index (χ2n) is 5.31. The number of carboxylic acid groups (broad SMARTS) is 1. The number of rotatable bonds is 4. The molecule has 0 bridgehead atoms. The van der Waals surface area contributed by atoms with Crippen molar-refractivity contribution in [3.05, 3.63) is 35.4 Å². The molecule has 6 nitrogen and oxygen atoms in total. The molecule has 1 rings (SSSR count). The fraction of sp³-hybridized carbons (Fsp3) is 0.429. The van der Waals surface area contributed by atoms with Crippen LogP contribution in [0.3, 0.4) is 0 Å². The summed E-state index contributed by atoms with van der Waals surface area (Å²) in [7, 11) is 0. The molecular formula is C14H19NO5. The second kappa shape index (κ2) is 6.38. The molecule has 0 radical (unpaired) electrons. The zero-order chi connectivity index (χ0) is 15.3. The van der Waals surface area contributed by atoms with Crippen LogP contribution in [0.5, 0.6) is 0 Å². The van der Waals surface area contributed by atoms with Gasteiger partial charge in [-0.25, -0.2) is 9.59 Å². The average molecular weight is 281 g/mol. The minimum absolute atomic E-state index is 0.141. The first-order valence-electron chi connectivity index (χ1n) is 6.16. The summed E-state index contributed by atoms with van der Waals surface area (Å²) < 4.78 is 5.10. The van der Waals surface area contributed by atoms with Gasteiger partial charge in [0.05, 0.1) is 18.2 Å². The predicted octanol–water partition coefficient (Wildman–Crippen LogP) is 1.94. The summed E-state index contributed by atoms with van der Waals surface area (Å²) in [4.78, 5) is 22.4. The van der Waals surface area contributed by atoms with Gasteiger partial charge in [0.1, 0.15) is 5.60 Å². The number of carbonyl (C=O) groups is 2. The van der Waals surface area contributed by atoms with E-state index in [1.807, 2.05) is 0 Å². The lowest BCUT2D eigenvalue weighted by Gasteiger charge is -2.23. The number of hydrogen-bond donors (Lipinski definition) is 3. The van der Waals surface area contributed by atoms with E-state index in [9.17, 15) is 14.7 Å². The van der Waals surface area contributed by atoms with Crippen molar-refractivity contribution < 1.29 is 24.5 Å². The lowest BCUT2D eigenvalue weighted by atomic mass is 10.1. The summed E-state index contributed by atoms with van der Waals surface area (Å²) in [6, 6.07) is 5.27. The van der Waals surface area contributed by atoms with E-state index in [1.165, 1.54) is 12.1 Å². The van der Waals surface area contributed by atoms with Gasteiger partial charge in [-0.05, 0) is 38.5 Å². The molecule has 0 saturated heterocycles. The smallest absolute Gasteiger partial charge is 0.408 e. The molecule has 0 fully saturated rings. The molecule has 3 N–H and O–H groups in total. The van der Waals surface area contributed by atoms with Crippen molar-refractivity contribution in [1.82, 2.24) is 5.32 Å². The molecule has 0 aliphatic heterocycles. The van der Waals surface area contributed by atoms with Gasteiger partial charge in [0, 0.05) is 0 Å². The first-order valence-corrected chi connectivity index (χ1v) is 6.16. The molecule has 110 valence electrons. The van der Waals surface area contributed by atoms with E-state index in [2.05, 4.69) is 5.32 Å². The Hall–Kier alpha value is -2.08. The molecule has 1 amide bonds. The monoisotopic (exact) mass is 281 g/mol. The molecule has 1 aromatic carbocycles. The number of hydrogen-bond acceptors (Lipinski definition) is 4. The number of benzene rings is 1. The topological polar surface area (TPSA) is 95.9 Å². The third kappa shape index (κ3) is 4.89. The highest BCUT2D eigenvalue weighted by molar-refractivity contribution is 5.87. The van der Waals surface area contributed by atoms with Gasteiger partial charge in [0.15, 0.2) is 0 Å². The summed E-state index contributed by atoms with van der Waals surface area (Å²) in [6.07, 6.45) is -0.640. The van der Waals surface area contributed by atoms with Crippen molar-refractivity contribution >= 4 is 12.1 Å². The number of aliphatic hydroxyl groups is 1. The van der Waals surface area contributed by atoms with Crippen molar-refractivity contribution in [2.75, 3.05) is 6.61 Å². The van der Waals surface area contributed by atoms with E-state index in [0.29, 0.717) is 5.56 Å². The van der Waals surface area contributed by atoms with E-state index < -0.39 is 23.7 Å². The molecule has 1 atom stereocenters. The summed E-state index contributed by atoms with van der Waals surface area (Å²) in [5.41, 5.74) is 0.114. The van der Waals surface area contributed by atoms with Crippen LogP contribution < -0.4 is 5.32 Å². The Morgan fingerprint density at radius 3 is 2.20 bits per heavy atom. The highest BCUT2D eigenvalue weighted by Crippen LogP contribution is 2.15. The van der Waals surface area contributed by atoms with Crippen molar-refractivity contribution in [1.29, 1.82) is 0 Å². The lowest BCUT2D eigenvalue weighted by Crippen LogP contribution is -2.36. The number of alkyl carbamates (subject to hydrolysis) is 1. The number of aromatic carboxylic acids is 1. The fourth-order valence-electron chi connectivity index (χ4n) is 1.54. The van der Waals surface area contributed by atoms with Crippen LogP contribution in [0, 0.1) is 0 Å². The first-order chi connectivity index (χ1) is 9.23. The standard InChI is InChI=1S/C14H19NO5/c1-14(2,3)20-13(19)15-11(8-16)9-4-6-10(7-5-9)12(17)18/h4-7,11,16H,8H2,1-3H3,(H,15,19)(H,17,18). The summed E-state index contributed by atoms with van der Waals surface area (Å²) in [5.74, 6) is -1.03. The van der Waals surface area contributed by atoms with Crippen LogP contribution in [-0.2, 0) is 4.74 Å². The molecule has 0 saturated carbocycles. The minimum atomic E-state index is -1.03. The molecule has 0 aliphatic carbocycles. The maximum Gasteiger partial charge on any atom is 0.408 e. The van der Waals surface area contributed by atoms with Crippen molar-refractivity contribution in [2.24, 2.45) is 0 Å². The number of ether oxygens (including phenoxy) is 1. The molecule has 6 heteroatoms. The zero-order valence-electron chi connectivity index (χ0n) is 11.7.